The highest BCUT2D eigenvalue weighted by molar-refractivity contribution is 7.90. The minimum Gasteiger partial charge on any atom is -0.370 e. The van der Waals surface area contributed by atoms with E-state index in [1.807, 2.05) is 0 Å². The number of sulfonamides is 2. The monoisotopic (exact) mass is 277 g/mol. The van der Waals surface area contributed by atoms with Gasteiger partial charge in [0.1, 0.15) is 4.90 Å². The molecule has 1 aliphatic heterocycles. The maximum atomic E-state index is 11.9. The van der Waals surface area contributed by atoms with Gasteiger partial charge in [-0.05, 0) is 18.2 Å². The molecule has 0 spiro atoms. The Morgan fingerprint density at radius 3 is 2.65 bits per heavy atom. The lowest BCUT2D eigenvalue weighted by Gasteiger charge is -2.26. The molecule has 94 valence electrons. The molecule has 1 aromatic rings. The van der Waals surface area contributed by atoms with Gasteiger partial charge in [-0.2, -0.15) is 4.31 Å². The second-order valence-electron chi connectivity index (χ2n) is 3.64. The average Bonchev–Trinajstić information content (AvgIpc) is 2.22. The maximum Gasteiger partial charge on any atom is 0.246 e. The molecule has 7 nitrogen and oxygen atoms in total. The number of nitrogens with zero attached hydrogens (tertiary/aromatic N) is 1. The third-order valence-electron chi connectivity index (χ3n) is 2.46. The molecule has 0 aliphatic carbocycles. The van der Waals surface area contributed by atoms with Gasteiger partial charge in [0.25, 0.3) is 0 Å². The van der Waals surface area contributed by atoms with E-state index in [1.165, 1.54) is 19.2 Å². The van der Waals surface area contributed by atoms with E-state index < -0.39 is 20.0 Å². The number of hydrogen-bond acceptors (Lipinski definition) is 5. The van der Waals surface area contributed by atoms with Crippen molar-refractivity contribution in [2.75, 3.05) is 19.0 Å². The minimum absolute atomic E-state index is 0.0854. The predicted octanol–water partition coefficient (Wildman–Crippen LogP) is -0.662. The third kappa shape index (κ3) is 2.02. The third-order valence-corrected chi connectivity index (χ3v) is 5.22. The predicted molar refractivity (Wildman–Crippen MR) is 61.3 cm³/mol. The number of rotatable bonds is 1. The van der Waals surface area contributed by atoms with Gasteiger partial charge in [-0.15, -0.1) is 0 Å². The summed E-state index contributed by atoms with van der Waals surface area (Å²) in [6.45, 7) is 0.143. The Morgan fingerprint density at radius 1 is 1.41 bits per heavy atom. The van der Waals surface area contributed by atoms with Gasteiger partial charge in [-0.1, -0.05) is 0 Å². The van der Waals surface area contributed by atoms with Gasteiger partial charge < -0.3 is 5.32 Å². The van der Waals surface area contributed by atoms with E-state index in [0.29, 0.717) is 5.69 Å². The number of benzene rings is 1. The van der Waals surface area contributed by atoms with Crippen molar-refractivity contribution >= 4 is 25.7 Å². The van der Waals surface area contributed by atoms with Crippen LogP contribution in [0.5, 0.6) is 0 Å². The largest absolute Gasteiger partial charge is 0.370 e. The summed E-state index contributed by atoms with van der Waals surface area (Å²) < 4.78 is 47.3. The van der Waals surface area contributed by atoms with Crippen LogP contribution >= 0.6 is 0 Å². The summed E-state index contributed by atoms with van der Waals surface area (Å²) in [5.41, 5.74) is 0.371. The van der Waals surface area contributed by atoms with Crippen molar-refractivity contribution in [2.24, 2.45) is 5.14 Å². The first-order valence-corrected chi connectivity index (χ1v) is 7.58. The van der Waals surface area contributed by atoms with E-state index in [2.05, 4.69) is 5.32 Å². The van der Waals surface area contributed by atoms with Gasteiger partial charge in [-0.25, -0.2) is 22.0 Å². The van der Waals surface area contributed by atoms with Crippen molar-refractivity contribution in [3.8, 4) is 0 Å². The van der Waals surface area contributed by atoms with Gasteiger partial charge in [0.2, 0.25) is 20.0 Å². The van der Waals surface area contributed by atoms with Gasteiger partial charge in [0.15, 0.2) is 0 Å². The van der Waals surface area contributed by atoms with Crippen molar-refractivity contribution in [3.63, 3.8) is 0 Å². The van der Waals surface area contributed by atoms with E-state index in [9.17, 15) is 16.8 Å². The number of hydrogen-bond donors (Lipinski definition) is 2. The van der Waals surface area contributed by atoms with Crippen LogP contribution in [0.3, 0.4) is 0 Å². The van der Waals surface area contributed by atoms with Crippen LogP contribution in [0.15, 0.2) is 28.0 Å². The number of anilines is 1. The molecule has 0 bridgehead atoms. The van der Waals surface area contributed by atoms with Crippen LogP contribution in [0, 0.1) is 0 Å². The Morgan fingerprint density at radius 2 is 2.06 bits per heavy atom. The Labute approximate surface area is 99.3 Å². The van der Waals surface area contributed by atoms with Crippen LogP contribution in [0.25, 0.3) is 0 Å². The molecule has 0 radical (unpaired) electrons. The van der Waals surface area contributed by atoms with Crippen LogP contribution in [-0.4, -0.2) is 34.9 Å². The van der Waals surface area contributed by atoms with Crippen molar-refractivity contribution < 1.29 is 16.8 Å². The topological polar surface area (TPSA) is 110 Å². The highest BCUT2D eigenvalue weighted by atomic mass is 32.2. The Kier molecular flexibility index (Phi) is 2.65. The number of nitrogens with one attached hydrogen (secondary N) is 1. The lowest BCUT2D eigenvalue weighted by molar-refractivity contribution is 0.482. The molecule has 0 saturated heterocycles. The molecule has 0 aromatic heterocycles. The number of nitrogens with two attached hydrogens (primary N) is 1. The van der Waals surface area contributed by atoms with Crippen molar-refractivity contribution in [1.82, 2.24) is 4.31 Å². The van der Waals surface area contributed by atoms with Gasteiger partial charge in [0, 0.05) is 7.05 Å². The van der Waals surface area contributed by atoms with Gasteiger partial charge >= 0.3 is 0 Å². The highest BCUT2D eigenvalue weighted by Crippen LogP contribution is 2.29. The van der Waals surface area contributed by atoms with Crippen LogP contribution in [0.1, 0.15) is 0 Å². The molecule has 0 atom stereocenters. The first-order valence-electron chi connectivity index (χ1n) is 4.60. The quantitative estimate of drug-likeness (QED) is 0.708. The molecule has 9 heteroatoms. The molecule has 3 N–H and O–H groups in total. The lowest BCUT2D eigenvalue weighted by Crippen LogP contribution is -2.36. The summed E-state index contributed by atoms with van der Waals surface area (Å²) in [6.07, 6.45) is 0. The van der Waals surface area contributed by atoms with Crippen LogP contribution in [0.4, 0.5) is 5.69 Å². The Balaban J connectivity index is 2.71. The summed E-state index contributed by atoms with van der Waals surface area (Å²) in [5.74, 6) is 0. The Bertz CT molecular complexity index is 666. The van der Waals surface area contributed by atoms with Crippen molar-refractivity contribution in [1.29, 1.82) is 0 Å². The normalized spacial score (nSPS) is 19.4. The first-order chi connectivity index (χ1) is 7.73. The smallest absolute Gasteiger partial charge is 0.246 e. The summed E-state index contributed by atoms with van der Waals surface area (Å²) in [4.78, 5) is -0.310. The zero-order valence-corrected chi connectivity index (χ0v) is 10.5. The van der Waals surface area contributed by atoms with E-state index in [0.717, 1.165) is 10.4 Å². The number of primary sulfonamides is 1. The van der Waals surface area contributed by atoms with Crippen LogP contribution in [-0.2, 0) is 20.0 Å². The minimum atomic E-state index is -3.91. The molecule has 0 saturated carbocycles. The molecule has 0 unspecified atom stereocenters. The van der Waals surface area contributed by atoms with Crippen LogP contribution < -0.4 is 10.5 Å². The zero-order valence-electron chi connectivity index (χ0n) is 8.91. The van der Waals surface area contributed by atoms with Crippen LogP contribution in [0.2, 0.25) is 0 Å². The molecule has 0 amide bonds. The van der Waals surface area contributed by atoms with E-state index in [1.54, 1.807) is 0 Å². The molecule has 1 heterocycles. The molecular weight excluding hydrogens is 266 g/mol. The molecular formula is C8H11N3O4S2. The summed E-state index contributed by atoms with van der Waals surface area (Å²) in [6, 6.07) is 3.71. The van der Waals surface area contributed by atoms with E-state index in [4.69, 9.17) is 5.14 Å². The SMILES string of the molecule is CN1CNc2ccc(S(N)(=O)=O)cc2S1(=O)=O. The second-order valence-corrected chi connectivity index (χ2v) is 7.22. The fourth-order valence-corrected chi connectivity index (χ4v) is 3.37. The summed E-state index contributed by atoms with van der Waals surface area (Å²) in [7, 11) is -6.17. The lowest BCUT2D eigenvalue weighted by atomic mass is 10.3. The maximum absolute atomic E-state index is 11.9. The first kappa shape index (κ1) is 12.3. The molecule has 2 rings (SSSR count). The van der Waals surface area contributed by atoms with Gasteiger partial charge in [-0.3, -0.25) is 0 Å². The fraction of sp³-hybridized carbons (Fsp3) is 0.250. The molecule has 1 aromatic carbocycles. The van der Waals surface area contributed by atoms with Gasteiger partial charge in [0.05, 0.1) is 17.3 Å². The van der Waals surface area contributed by atoms with Crippen molar-refractivity contribution in [3.05, 3.63) is 18.2 Å². The molecule has 1 aliphatic rings. The number of fused-ring (bicyclic) bond motifs is 1. The molecule has 17 heavy (non-hydrogen) atoms. The Hall–Kier alpha value is -1.16. The van der Waals surface area contributed by atoms with E-state index in [-0.39, 0.29) is 16.5 Å². The summed E-state index contributed by atoms with van der Waals surface area (Å²) in [5, 5.41) is 7.81. The fourth-order valence-electron chi connectivity index (χ4n) is 1.49. The standard InChI is InChI=1S/C8H11N3O4S2/c1-11-5-10-7-3-2-6(16(9,12)13)4-8(7)17(11,14)15/h2-4,10H,5H2,1H3,(H2,9,12,13). The zero-order chi connectivity index (χ0) is 12.8. The average molecular weight is 277 g/mol. The highest BCUT2D eigenvalue weighted by Gasteiger charge is 2.29. The second kappa shape index (κ2) is 3.67. The van der Waals surface area contributed by atoms with Crippen molar-refractivity contribution in [2.45, 2.75) is 9.79 Å². The summed E-state index contributed by atoms with van der Waals surface area (Å²) >= 11 is 0. The van der Waals surface area contributed by atoms with E-state index >= 15 is 0 Å². The molecule has 0 fully saturated rings.